The molecule has 1 aromatic heterocycles. The van der Waals surface area contributed by atoms with Crippen molar-refractivity contribution < 1.29 is 14.6 Å². The molecule has 182 valence electrons. The Kier molecular flexibility index (Phi) is 7.23. The van der Waals surface area contributed by atoms with Crippen molar-refractivity contribution in [2.24, 2.45) is 7.05 Å². The van der Waals surface area contributed by atoms with Gasteiger partial charge in [0.15, 0.2) is 0 Å². The molecule has 7 nitrogen and oxygen atoms in total. The molecule has 1 fully saturated rings. The molecule has 0 bridgehead atoms. The fourth-order valence-corrected chi connectivity index (χ4v) is 4.95. The van der Waals surface area contributed by atoms with Gasteiger partial charge in [-0.05, 0) is 54.7 Å². The highest BCUT2D eigenvalue weighted by Crippen LogP contribution is 2.39. The van der Waals surface area contributed by atoms with Crippen molar-refractivity contribution in [2.75, 3.05) is 13.6 Å². The highest BCUT2D eigenvalue weighted by molar-refractivity contribution is 5.88. The number of likely N-dealkylation sites (N-methyl/N-ethyl adjacent to an activating group) is 1. The average molecular weight is 473 g/mol. The lowest BCUT2D eigenvalue weighted by Crippen LogP contribution is -2.43. The Morgan fingerprint density at radius 1 is 1.23 bits per heavy atom. The van der Waals surface area contributed by atoms with E-state index >= 15 is 0 Å². The molecule has 0 aliphatic carbocycles. The number of aryl methyl sites for hydroxylation is 1. The molecule has 2 aromatic carbocycles. The van der Waals surface area contributed by atoms with E-state index in [4.69, 9.17) is 4.74 Å². The van der Waals surface area contributed by atoms with Crippen LogP contribution in [0.4, 0.5) is 0 Å². The maximum Gasteiger partial charge on any atom is 0.232 e. The minimum Gasteiger partial charge on any atom is -0.456 e. The van der Waals surface area contributed by atoms with Gasteiger partial charge in [0.25, 0.3) is 0 Å². The zero-order valence-electron chi connectivity index (χ0n) is 20.6. The van der Waals surface area contributed by atoms with Crippen molar-refractivity contribution in [1.29, 1.82) is 5.26 Å². The summed E-state index contributed by atoms with van der Waals surface area (Å²) in [5.41, 5.74) is 2.29. The van der Waals surface area contributed by atoms with Crippen LogP contribution in [0.1, 0.15) is 61.1 Å². The molecule has 3 aromatic rings. The number of nitrogens with zero attached hydrogens (tertiary/aromatic N) is 4. The smallest absolute Gasteiger partial charge is 0.232 e. The third kappa shape index (κ3) is 4.94. The van der Waals surface area contributed by atoms with E-state index in [1.807, 2.05) is 47.8 Å². The second-order valence-electron chi connectivity index (χ2n) is 9.33. The van der Waals surface area contributed by atoms with Crippen molar-refractivity contribution in [3.05, 3.63) is 77.4 Å². The summed E-state index contributed by atoms with van der Waals surface area (Å²) in [4.78, 5) is 19.3. The first-order chi connectivity index (χ1) is 16.9. The predicted molar refractivity (Wildman–Crippen MR) is 133 cm³/mol. The summed E-state index contributed by atoms with van der Waals surface area (Å²) in [6.45, 7) is 2.84. The average Bonchev–Trinajstić information content (AvgIpc) is 3.21. The van der Waals surface area contributed by atoms with Crippen LogP contribution in [-0.2, 0) is 23.7 Å². The molecule has 1 amide bonds. The molecule has 2 unspecified atom stereocenters. The van der Waals surface area contributed by atoms with E-state index in [-0.39, 0.29) is 5.91 Å². The number of imidazole rings is 1. The molecule has 35 heavy (non-hydrogen) atoms. The monoisotopic (exact) mass is 472 g/mol. The van der Waals surface area contributed by atoms with Gasteiger partial charge >= 0.3 is 0 Å². The summed E-state index contributed by atoms with van der Waals surface area (Å²) in [5, 5.41) is 20.5. The van der Waals surface area contributed by atoms with Gasteiger partial charge in [0, 0.05) is 39.0 Å². The number of carbonyl (C=O) groups is 1. The van der Waals surface area contributed by atoms with Crippen LogP contribution in [0.5, 0.6) is 11.5 Å². The van der Waals surface area contributed by atoms with Crippen molar-refractivity contribution in [3.63, 3.8) is 0 Å². The van der Waals surface area contributed by atoms with Crippen LogP contribution in [0.15, 0.2) is 55.0 Å². The topological polar surface area (TPSA) is 91.4 Å². The highest BCUT2D eigenvalue weighted by Gasteiger charge is 2.41. The predicted octanol–water partition coefficient (Wildman–Crippen LogP) is 4.65. The van der Waals surface area contributed by atoms with Gasteiger partial charge in [0.05, 0.1) is 23.4 Å². The third-order valence-electron chi connectivity index (χ3n) is 7.15. The van der Waals surface area contributed by atoms with E-state index in [0.29, 0.717) is 35.5 Å². The van der Waals surface area contributed by atoms with E-state index in [1.54, 1.807) is 30.7 Å². The van der Waals surface area contributed by atoms with Crippen LogP contribution < -0.4 is 4.74 Å². The third-order valence-corrected chi connectivity index (χ3v) is 7.15. The lowest BCUT2D eigenvalue weighted by Gasteiger charge is -2.33. The summed E-state index contributed by atoms with van der Waals surface area (Å²) >= 11 is 0. The quantitative estimate of drug-likeness (QED) is 0.540. The number of amides is 1. The SMILES string of the molecule is CCC1(c2cccc(Oc3cc(C(O)Cc4cncn4C)ccc3C#N)c2)CCCCN(C)C1=O. The number of ether oxygens (including phenoxy) is 1. The summed E-state index contributed by atoms with van der Waals surface area (Å²) in [5.74, 6) is 1.08. The molecule has 4 rings (SSSR count). The molecule has 2 atom stereocenters. The first-order valence-corrected chi connectivity index (χ1v) is 12.1. The summed E-state index contributed by atoms with van der Waals surface area (Å²) in [7, 11) is 3.76. The van der Waals surface area contributed by atoms with Gasteiger partial charge in [0.2, 0.25) is 5.91 Å². The minimum absolute atomic E-state index is 0.146. The van der Waals surface area contributed by atoms with Crippen LogP contribution in [0.2, 0.25) is 0 Å². The van der Waals surface area contributed by atoms with Gasteiger partial charge in [-0.15, -0.1) is 0 Å². The molecule has 2 heterocycles. The van der Waals surface area contributed by atoms with Crippen molar-refractivity contribution >= 4 is 5.91 Å². The zero-order valence-corrected chi connectivity index (χ0v) is 20.6. The van der Waals surface area contributed by atoms with E-state index in [2.05, 4.69) is 18.0 Å². The summed E-state index contributed by atoms with van der Waals surface area (Å²) in [6, 6.07) is 14.9. The summed E-state index contributed by atoms with van der Waals surface area (Å²) < 4.78 is 8.06. The second-order valence-corrected chi connectivity index (χ2v) is 9.33. The number of carbonyl (C=O) groups excluding carboxylic acids is 1. The van der Waals surface area contributed by atoms with Crippen molar-refractivity contribution in [3.8, 4) is 17.6 Å². The van der Waals surface area contributed by atoms with Gasteiger partial charge in [-0.1, -0.05) is 31.5 Å². The van der Waals surface area contributed by atoms with Crippen molar-refractivity contribution in [1.82, 2.24) is 14.5 Å². The zero-order chi connectivity index (χ0) is 25.0. The van der Waals surface area contributed by atoms with Crippen LogP contribution in [0, 0.1) is 11.3 Å². The van der Waals surface area contributed by atoms with Gasteiger partial charge in [-0.25, -0.2) is 4.98 Å². The molecular formula is C28H32N4O3. The number of hydrogen-bond donors (Lipinski definition) is 1. The van der Waals surface area contributed by atoms with E-state index in [0.717, 1.165) is 37.1 Å². The number of aromatic nitrogens is 2. The maximum absolute atomic E-state index is 13.4. The molecule has 7 heteroatoms. The first-order valence-electron chi connectivity index (χ1n) is 12.1. The number of nitriles is 1. The number of hydrogen-bond acceptors (Lipinski definition) is 5. The molecule has 1 N–H and O–H groups in total. The Balaban J connectivity index is 1.63. The second kappa shape index (κ2) is 10.3. The lowest BCUT2D eigenvalue weighted by atomic mass is 9.73. The Labute approximate surface area is 206 Å². The first kappa shape index (κ1) is 24.5. The van der Waals surface area contributed by atoms with Crippen LogP contribution >= 0.6 is 0 Å². The number of benzene rings is 2. The number of aliphatic hydroxyl groups is 1. The van der Waals surface area contributed by atoms with Crippen LogP contribution in [0.25, 0.3) is 0 Å². The molecule has 0 saturated carbocycles. The minimum atomic E-state index is -0.769. The van der Waals surface area contributed by atoms with E-state index in [9.17, 15) is 15.2 Å². The molecule has 0 radical (unpaired) electrons. The van der Waals surface area contributed by atoms with Gasteiger partial charge in [0.1, 0.15) is 17.6 Å². The van der Waals surface area contributed by atoms with Crippen LogP contribution in [0.3, 0.4) is 0 Å². The Morgan fingerprint density at radius 2 is 2.06 bits per heavy atom. The van der Waals surface area contributed by atoms with Gasteiger partial charge in [-0.3, -0.25) is 4.79 Å². The standard InChI is InChI=1S/C28H32N4O3/c1-4-28(12-5-6-13-31(2)27(28)34)22-8-7-9-24(15-22)35-26-14-20(10-11-21(26)17-29)25(33)16-23-18-30-19-32(23)3/h7-11,14-15,18-19,25,33H,4-6,12-13,16H2,1-3H3. The molecule has 0 spiro atoms. The van der Waals surface area contributed by atoms with E-state index < -0.39 is 11.5 Å². The highest BCUT2D eigenvalue weighted by atomic mass is 16.5. The largest absolute Gasteiger partial charge is 0.456 e. The van der Waals surface area contributed by atoms with E-state index in [1.165, 1.54) is 0 Å². The number of rotatable bonds is 7. The number of likely N-dealkylation sites (tertiary alicyclic amines) is 1. The fourth-order valence-electron chi connectivity index (χ4n) is 4.95. The van der Waals surface area contributed by atoms with Gasteiger partial charge in [-0.2, -0.15) is 5.26 Å². The van der Waals surface area contributed by atoms with Crippen molar-refractivity contribution in [2.45, 2.75) is 50.5 Å². The number of aliphatic hydroxyl groups excluding tert-OH is 1. The molecular weight excluding hydrogens is 440 g/mol. The fraction of sp³-hybridized carbons (Fsp3) is 0.393. The molecule has 1 saturated heterocycles. The normalized spacial score (nSPS) is 19.2. The molecule has 1 aliphatic rings. The maximum atomic E-state index is 13.4. The Hall–Kier alpha value is -3.63. The van der Waals surface area contributed by atoms with Gasteiger partial charge < -0.3 is 19.3 Å². The lowest BCUT2D eigenvalue weighted by molar-refractivity contribution is -0.135. The Morgan fingerprint density at radius 3 is 2.77 bits per heavy atom. The Bertz CT molecular complexity index is 1240. The molecule has 1 aliphatic heterocycles. The summed E-state index contributed by atoms with van der Waals surface area (Å²) in [6.07, 6.45) is 6.55. The van der Waals surface area contributed by atoms with Crippen LogP contribution in [-0.4, -0.2) is 39.1 Å².